The SMILES string of the molecule is C=C[Se+](CCC(N)C(=O)[O-])C[C@H]1O[C@@H](n2cnc3c(N)ncnc32)[C@H](O)[C@@H]1O. The van der Waals surface area contributed by atoms with Gasteiger partial charge in [0.2, 0.25) is 0 Å². The molecule has 6 N–H and O–H groups in total. The van der Waals surface area contributed by atoms with Crippen LogP contribution in [0, 0.1) is 0 Å². The molecule has 2 aromatic heterocycles. The minimum atomic E-state index is -1.52. The van der Waals surface area contributed by atoms with E-state index < -0.39 is 50.5 Å². The van der Waals surface area contributed by atoms with E-state index in [0.717, 1.165) is 0 Å². The van der Waals surface area contributed by atoms with Crippen molar-refractivity contribution in [1.82, 2.24) is 19.5 Å². The van der Waals surface area contributed by atoms with Crippen LogP contribution in [-0.4, -0.2) is 74.0 Å². The van der Waals surface area contributed by atoms with Crippen LogP contribution in [0.15, 0.2) is 24.2 Å². The van der Waals surface area contributed by atoms with Crippen molar-refractivity contribution in [3.8, 4) is 0 Å². The molecule has 28 heavy (non-hydrogen) atoms. The maximum absolute atomic E-state index is 10.8. The molecule has 12 heteroatoms. The summed E-state index contributed by atoms with van der Waals surface area (Å²) in [5.41, 5.74) is 12.0. The van der Waals surface area contributed by atoms with Crippen molar-refractivity contribution in [2.75, 3.05) is 5.73 Å². The van der Waals surface area contributed by atoms with Crippen LogP contribution in [0.4, 0.5) is 5.82 Å². The second kappa shape index (κ2) is 8.51. The Hall–Kier alpha value is -2.08. The van der Waals surface area contributed by atoms with Crippen LogP contribution >= 0.6 is 0 Å². The number of carboxylic acid groups (broad SMARTS) is 1. The van der Waals surface area contributed by atoms with Gasteiger partial charge in [-0.05, 0) is 0 Å². The molecule has 1 aliphatic heterocycles. The van der Waals surface area contributed by atoms with Crippen molar-refractivity contribution in [2.45, 2.75) is 47.6 Å². The van der Waals surface area contributed by atoms with Crippen molar-refractivity contribution in [3.05, 3.63) is 24.2 Å². The Balaban J connectivity index is 1.72. The summed E-state index contributed by atoms with van der Waals surface area (Å²) in [5.74, 6) is -1.09. The Morgan fingerprint density at radius 2 is 2.18 bits per heavy atom. The summed E-state index contributed by atoms with van der Waals surface area (Å²) in [7, 11) is 0. The van der Waals surface area contributed by atoms with E-state index in [0.29, 0.717) is 21.8 Å². The van der Waals surface area contributed by atoms with Gasteiger partial charge in [0.25, 0.3) is 0 Å². The average molecular weight is 457 g/mol. The molecule has 1 saturated heterocycles. The molecule has 6 atom stereocenters. The molecule has 2 unspecified atom stereocenters. The van der Waals surface area contributed by atoms with Crippen LogP contribution in [0.2, 0.25) is 10.6 Å². The van der Waals surface area contributed by atoms with Gasteiger partial charge in [-0.2, -0.15) is 0 Å². The number of ether oxygens (including phenoxy) is 1. The molecule has 3 heterocycles. The molecule has 152 valence electrons. The van der Waals surface area contributed by atoms with Gasteiger partial charge in [0, 0.05) is 0 Å². The number of nitrogens with two attached hydrogens (primary N) is 2. The van der Waals surface area contributed by atoms with Crippen LogP contribution in [0.25, 0.3) is 11.2 Å². The van der Waals surface area contributed by atoms with E-state index in [-0.39, 0.29) is 12.2 Å². The number of aliphatic hydroxyl groups excluding tert-OH is 2. The van der Waals surface area contributed by atoms with E-state index in [1.165, 1.54) is 17.2 Å². The summed E-state index contributed by atoms with van der Waals surface area (Å²) < 4.78 is 7.42. The second-order valence-electron chi connectivity index (χ2n) is 6.42. The zero-order chi connectivity index (χ0) is 20.4. The van der Waals surface area contributed by atoms with E-state index in [1.54, 1.807) is 4.97 Å². The molecule has 0 aliphatic carbocycles. The molecular weight excluding hydrogens is 435 g/mol. The number of nitrogen functional groups attached to an aromatic ring is 1. The topological polar surface area (TPSA) is 185 Å². The molecule has 0 aromatic carbocycles. The summed E-state index contributed by atoms with van der Waals surface area (Å²) in [4.78, 5) is 24.7. The molecule has 0 saturated carbocycles. The first-order valence-corrected chi connectivity index (χ1v) is 11.9. The van der Waals surface area contributed by atoms with Crippen molar-refractivity contribution in [2.24, 2.45) is 5.73 Å². The molecule has 0 amide bonds. The third kappa shape index (κ3) is 4.02. The van der Waals surface area contributed by atoms with Crippen LogP contribution in [-0.2, 0) is 9.53 Å². The maximum atomic E-state index is 10.8. The molecule has 1 fully saturated rings. The average Bonchev–Trinajstić information content (AvgIpc) is 3.21. The molecule has 0 spiro atoms. The number of aliphatic hydroxyl groups is 2. The van der Waals surface area contributed by atoms with Gasteiger partial charge in [0.15, 0.2) is 0 Å². The summed E-state index contributed by atoms with van der Waals surface area (Å²) in [6.07, 6.45) is -0.870. The standard InChI is InChI=1S/C16H22N6O5Se/c1-2-28(4-3-8(17)16(25)26)5-9-11(23)12(24)15(27-9)22-7-21-10-13(18)19-6-20-14(10)22/h2,6-9,11-12,15,23-24H,1,3-5,17H2,(H2-,18,19,20,25,26)/t8?,9-,11-,12-,15-,28?/m1/s1. The fourth-order valence-electron chi connectivity index (χ4n) is 2.99. The van der Waals surface area contributed by atoms with Crippen molar-refractivity contribution < 1.29 is 24.9 Å². The monoisotopic (exact) mass is 458 g/mol. The van der Waals surface area contributed by atoms with Crippen LogP contribution in [0.3, 0.4) is 0 Å². The van der Waals surface area contributed by atoms with Crippen molar-refractivity contribution in [3.63, 3.8) is 0 Å². The van der Waals surface area contributed by atoms with Gasteiger partial charge < -0.3 is 0 Å². The minimum absolute atomic E-state index is 0.205. The first kappa shape index (κ1) is 20.6. The molecule has 3 rings (SSSR count). The molecule has 0 radical (unpaired) electrons. The summed E-state index contributed by atoms with van der Waals surface area (Å²) in [5, 5.41) is 32.7. The number of carboxylic acids is 1. The molecule has 0 bridgehead atoms. The van der Waals surface area contributed by atoms with Crippen molar-refractivity contribution >= 4 is 36.9 Å². The van der Waals surface area contributed by atoms with E-state index in [4.69, 9.17) is 16.2 Å². The van der Waals surface area contributed by atoms with Gasteiger partial charge in [-0.1, -0.05) is 0 Å². The van der Waals surface area contributed by atoms with Gasteiger partial charge >= 0.3 is 165 Å². The second-order valence-corrected chi connectivity index (χ2v) is 10.9. The van der Waals surface area contributed by atoms with E-state index >= 15 is 0 Å². The number of carbonyl (C=O) groups is 1. The molecular formula is C16H22N6O5Se. The third-order valence-corrected chi connectivity index (χ3v) is 8.78. The molecule has 1 aliphatic rings. The van der Waals surface area contributed by atoms with Gasteiger partial charge in [0.1, 0.15) is 0 Å². The number of rotatable bonds is 8. The normalized spacial score (nSPS) is 27.0. The number of hydrogen-bond acceptors (Lipinski definition) is 10. The third-order valence-electron chi connectivity index (χ3n) is 4.61. The van der Waals surface area contributed by atoms with Crippen LogP contribution < -0.4 is 16.6 Å². The Kier molecular flexibility index (Phi) is 6.28. The van der Waals surface area contributed by atoms with E-state index in [1.807, 2.05) is 0 Å². The molecule has 2 aromatic rings. The predicted molar refractivity (Wildman–Crippen MR) is 98.8 cm³/mol. The summed E-state index contributed by atoms with van der Waals surface area (Å²) in [6.45, 7) is 3.80. The van der Waals surface area contributed by atoms with Crippen molar-refractivity contribution in [1.29, 1.82) is 0 Å². The van der Waals surface area contributed by atoms with Gasteiger partial charge in [-0.25, -0.2) is 0 Å². The van der Waals surface area contributed by atoms with Crippen LogP contribution in [0.5, 0.6) is 0 Å². The quantitative estimate of drug-likeness (QED) is 0.315. The number of hydrogen-bond donors (Lipinski definition) is 4. The first-order valence-electron chi connectivity index (χ1n) is 8.53. The number of fused-ring (bicyclic) bond motifs is 1. The van der Waals surface area contributed by atoms with Gasteiger partial charge in [0.05, 0.1) is 0 Å². The number of nitrogens with zero attached hydrogens (tertiary/aromatic N) is 4. The Morgan fingerprint density at radius 1 is 1.43 bits per heavy atom. The number of aliphatic carboxylic acids is 1. The number of imidazole rings is 1. The summed E-state index contributed by atoms with van der Waals surface area (Å²) in [6, 6.07) is -1.04. The Morgan fingerprint density at radius 3 is 2.86 bits per heavy atom. The Bertz CT molecular complexity index is 863. The zero-order valence-corrected chi connectivity index (χ0v) is 16.6. The predicted octanol–water partition coefficient (Wildman–Crippen LogP) is -2.28. The fourth-order valence-corrected chi connectivity index (χ4v) is 6.61. The first-order chi connectivity index (χ1) is 13.3. The van der Waals surface area contributed by atoms with Gasteiger partial charge in [-0.3, -0.25) is 0 Å². The summed E-state index contributed by atoms with van der Waals surface area (Å²) >= 11 is -1.52. The fraction of sp³-hybridized carbons (Fsp3) is 0.500. The van der Waals surface area contributed by atoms with Crippen LogP contribution in [0.1, 0.15) is 12.6 Å². The number of carbonyl (C=O) groups excluding carboxylic acids is 1. The van der Waals surface area contributed by atoms with E-state index in [9.17, 15) is 20.1 Å². The van der Waals surface area contributed by atoms with E-state index in [2.05, 4.69) is 21.5 Å². The van der Waals surface area contributed by atoms with Gasteiger partial charge in [-0.15, -0.1) is 0 Å². The Labute approximate surface area is 164 Å². The number of anilines is 1. The zero-order valence-electron chi connectivity index (χ0n) is 14.9. The molecule has 11 nitrogen and oxygen atoms in total. The number of aromatic nitrogens is 4.